The van der Waals surface area contributed by atoms with Crippen LogP contribution in [0.2, 0.25) is 0 Å². The van der Waals surface area contributed by atoms with Crippen molar-refractivity contribution in [2.75, 3.05) is 9.80 Å². The van der Waals surface area contributed by atoms with Crippen LogP contribution >= 0.6 is 0 Å². The van der Waals surface area contributed by atoms with Crippen molar-refractivity contribution in [3.05, 3.63) is 263 Å². The molecular weight excluding hydrogens is 809 g/mol. The summed E-state index contributed by atoms with van der Waals surface area (Å²) >= 11 is 0. The SMILES string of the molecule is c1ccc(N(c2ccc3c(c2)C(c2ccccc2)(c2ccccc2)c2c-3c3ccccc3c3cc(N(c4ccccc4)c4cccc5c4CCCC5)ccc23)c2cccc3c2CCCC3)cc1. The van der Waals surface area contributed by atoms with Gasteiger partial charge < -0.3 is 9.80 Å². The van der Waals surface area contributed by atoms with Gasteiger partial charge in [0.25, 0.3) is 0 Å². The molecule has 3 aliphatic rings. The van der Waals surface area contributed by atoms with Crippen LogP contribution < -0.4 is 9.80 Å². The second kappa shape index (κ2) is 16.3. The molecule has 0 saturated heterocycles. The molecule has 0 N–H and O–H groups in total. The second-order valence-electron chi connectivity index (χ2n) is 18.8. The summed E-state index contributed by atoms with van der Waals surface area (Å²) in [5, 5.41) is 5.10. The summed E-state index contributed by atoms with van der Waals surface area (Å²) in [6, 6.07) is 82.6. The molecule has 322 valence electrons. The fourth-order valence-corrected chi connectivity index (χ4v) is 12.4. The van der Waals surface area contributed by atoms with E-state index in [-0.39, 0.29) is 0 Å². The zero-order valence-electron chi connectivity index (χ0n) is 37.8. The molecule has 0 atom stereocenters. The van der Waals surface area contributed by atoms with E-state index < -0.39 is 5.41 Å². The summed E-state index contributed by atoms with van der Waals surface area (Å²) in [5.41, 5.74) is 20.4. The molecule has 0 bridgehead atoms. The van der Waals surface area contributed by atoms with Gasteiger partial charge in [0, 0.05) is 34.1 Å². The maximum absolute atomic E-state index is 2.55. The van der Waals surface area contributed by atoms with Gasteiger partial charge in [0.15, 0.2) is 0 Å². The van der Waals surface area contributed by atoms with Crippen molar-refractivity contribution < 1.29 is 0 Å². The minimum Gasteiger partial charge on any atom is -0.310 e. The summed E-state index contributed by atoms with van der Waals surface area (Å²) in [6.45, 7) is 0. The molecule has 0 spiro atoms. The molecule has 2 nitrogen and oxygen atoms in total. The molecule has 67 heavy (non-hydrogen) atoms. The van der Waals surface area contributed by atoms with E-state index in [9.17, 15) is 0 Å². The third-order valence-corrected chi connectivity index (χ3v) is 15.2. The Kier molecular flexibility index (Phi) is 9.67. The first-order valence-corrected chi connectivity index (χ1v) is 24.4. The van der Waals surface area contributed by atoms with E-state index in [1.165, 1.54) is 137 Å². The van der Waals surface area contributed by atoms with Gasteiger partial charge in [-0.15, -0.1) is 0 Å². The summed E-state index contributed by atoms with van der Waals surface area (Å²) in [6.07, 6.45) is 9.41. The monoisotopic (exact) mass is 860 g/mol. The zero-order valence-corrected chi connectivity index (χ0v) is 37.8. The Morgan fingerprint density at radius 1 is 0.328 bits per heavy atom. The predicted molar refractivity (Wildman–Crippen MR) is 281 cm³/mol. The van der Waals surface area contributed by atoms with Gasteiger partial charge >= 0.3 is 0 Å². The van der Waals surface area contributed by atoms with Gasteiger partial charge in [0.1, 0.15) is 0 Å². The maximum Gasteiger partial charge on any atom is 0.0720 e. The van der Waals surface area contributed by atoms with Crippen LogP contribution in [0.3, 0.4) is 0 Å². The highest BCUT2D eigenvalue weighted by molar-refractivity contribution is 6.20. The first kappa shape index (κ1) is 39.7. The van der Waals surface area contributed by atoms with Crippen molar-refractivity contribution in [3.8, 4) is 11.1 Å². The van der Waals surface area contributed by atoms with E-state index in [0.717, 1.165) is 25.7 Å². The molecule has 10 aromatic rings. The minimum atomic E-state index is -0.636. The Morgan fingerprint density at radius 2 is 0.806 bits per heavy atom. The van der Waals surface area contributed by atoms with Gasteiger partial charge in [-0.1, -0.05) is 158 Å². The third kappa shape index (κ3) is 6.30. The van der Waals surface area contributed by atoms with Crippen LogP contribution in [-0.4, -0.2) is 0 Å². The zero-order chi connectivity index (χ0) is 44.3. The Morgan fingerprint density at radius 3 is 1.37 bits per heavy atom. The first-order valence-electron chi connectivity index (χ1n) is 24.4. The lowest BCUT2D eigenvalue weighted by atomic mass is 9.66. The van der Waals surface area contributed by atoms with Crippen LogP contribution in [0.1, 0.15) is 70.2 Å². The normalized spacial score (nSPS) is 14.5. The minimum absolute atomic E-state index is 0.636. The molecule has 0 aliphatic heterocycles. The summed E-state index contributed by atoms with van der Waals surface area (Å²) in [7, 11) is 0. The number of fused-ring (bicyclic) bond motifs is 10. The number of para-hydroxylation sites is 2. The van der Waals surface area contributed by atoms with Gasteiger partial charge in [0.05, 0.1) is 5.41 Å². The number of rotatable bonds is 8. The van der Waals surface area contributed by atoms with Gasteiger partial charge in [-0.05, 0) is 189 Å². The van der Waals surface area contributed by atoms with Crippen molar-refractivity contribution in [3.63, 3.8) is 0 Å². The number of hydrogen-bond acceptors (Lipinski definition) is 2. The van der Waals surface area contributed by atoms with Crippen LogP contribution in [0.25, 0.3) is 32.7 Å². The lowest BCUT2D eigenvalue weighted by Gasteiger charge is -2.36. The summed E-state index contributed by atoms with van der Waals surface area (Å²) in [4.78, 5) is 5.06. The van der Waals surface area contributed by atoms with Crippen LogP contribution in [0, 0.1) is 0 Å². The quantitative estimate of drug-likeness (QED) is 0.140. The number of anilines is 6. The van der Waals surface area contributed by atoms with Gasteiger partial charge in [-0.3, -0.25) is 0 Å². The second-order valence-corrected chi connectivity index (χ2v) is 18.8. The van der Waals surface area contributed by atoms with Crippen molar-refractivity contribution in [1.29, 1.82) is 0 Å². The molecule has 10 aromatic carbocycles. The van der Waals surface area contributed by atoms with E-state index in [2.05, 4.69) is 228 Å². The average Bonchev–Trinajstić information content (AvgIpc) is 3.72. The number of nitrogens with zero attached hydrogens (tertiary/aromatic N) is 2. The topological polar surface area (TPSA) is 6.48 Å². The van der Waals surface area contributed by atoms with Gasteiger partial charge in [0.2, 0.25) is 0 Å². The fourth-order valence-electron chi connectivity index (χ4n) is 12.4. The lowest BCUT2D eigenvalue weighted by molar-refractivity contribution is 0.686. The molecule has 0 amide bonds. The van der Waals surface area contributed by atoms with E-state index in [1.54, 1.807) is 0 Å². The molecule has 0 unspecified atom stereocenters. The summed E-state index contributed by atoms with van der Waals surface area (Å²) < 4.78 is 0. The van der Waals surface area contributed by atoms with Gasteiger partial charge in [-0.25, -0.2) is 0 Å². The molecule has 2 heteroatoms. The largest absolute Gasteiger partial charge is 0.310 e. The van der Waals surface area contributed by atoms with Crippen molar-refractivity contribution in [2.24, 2.45) is 0 Å². The molecule has 0 heterocycles. The van der Waals surface area contributed by atoms with Crippen molar-refractivity contribution in [2.45, 2.75) is 56.8 Å². The molecule has 0 fully saturated rings. The highest BCUT2D eigenvalue weighted by Crippen LogP contribution is 2.61. The fraction of sp³-hybridized carbons (Fsp3) is 0.138. The average molecular weight is 861 g/mol. The highest BCUT2D eigenvalue weighted by Gasteiger charge is 2.48. The van der Waals surface area contributed by atoms with Crippen molar-refractivity contribution >= 4 is 55.7 Å². The molecule has 13 rings (SSSR count). The Balaban J connectivity index is 1.12. The number of hydrogen-bond donors (Lipinski definition) is 0. The first-order chi connectivity index (χ1) is 33.3. The molecule has 3 aliphatic carbocycles. The molecule has 0 aromatic heterocycles. The van der Waals surface area contributed by atoms with E-state index in [1.807, 2.05) is 0 Å². The third-order valence-electron chi connectivity index (χ3n) is 15.2. The number of aryl methyl sites for hydroxylation is 2. The van der Waals surface area contributed by atoms with E-state index >= 15 is 0 Å². The van der Waals surface area contributed by atoms with E-state index in [0.29, 0.717) is 0 Å². The Bertz CT molecular complexity index is 3430. The van der Waals surface area contributed by atoms with Crippen molar-refractivity contribution in [1.82, 2.24) is 0 Å². The standard InChI is InChI=1S/C65H52N2/c1-5-25-47(26-6-1)65(48-27-7-2-8-28-48)60-44-52(67(50-31-11-4-12-32-50)62-38-20-24-46-22-14-16-34-54(46)62)40-42-58(60)63-56-36-18-17-35-55(56)59-43-51(39-41-57(59)64(63)65)66(49-29-9-3-10-30-49)61-37-19-23-45-21-13-15-33-53(45)61/h1-12,17-20,23-32,35-44H,13-16,21-22,33-34H2. The predicted octanol–water partition coefficient (Wildman–Crippen LogP) is 17.1. The van der Waals surface area contributed by atoms with Crippen LogP contribution in [0.5, 0.6) is 0 Å². The maximum atomic E-state index is 2.55. The molecular formula is C65H52N2. The van der Waals surface area contributed by atoms with Crippen LogP contribution in [0.4, 0.5) is 34.1 Å². The molecule has 0 radical (unpaired) electrons. The Labute approximate surface area is 394 Å². The van der Waals surface area contributed by atoms with Crippen LogP contribution in [-0.2, 0) is 31.1 Å². The smallest absolute Gasteiger partial charge is 0.0720 e. The van der Waals surface area contributed by atoms with E-state index in [4.69, 9.17) is 0 Å². The number of benzene rings is 10. The molecule has 0 saturated carbocycles. The summed E-state index contributed by atoms with van der Waals surface area (Å²) in [5.74, 6) is 0. The van der Waals surface area contributed by atoms with Crippen LogP contribution in [0.15, 0.2) is 218 Å². The Hall–Kier alpha value is -7.68. The van der Waals surface area contributed by atoms with Gasteiger partial charge in [-0.2, -0.15) is 0 Å². The lowest BCUT2D eigenvalue weighted by Crippen LogP contribution is -2.29. The highest BCUT2D eigenvalue weighted by atomic mass is 15.2.